The highest BCUT2D eigenvalue weighted by molar-refractivity contribution is 6.23. The number of hydrogen-bond donors (Lipinski definition) is 1. The second-order valence-electron chi connectivity index (χ2n) is 18.4. The van der Waals surface area contributed by atoms with Crippen molar-refractivity contribution in [3.63, 3.8) is 0 Å². The van der Waals surface area contributed by atoms with Crippen molar-refractivity contribution in [1.82, 2.24) is 29.9 Å². The highest BCUT2D eigenvalue weighted by atomic mass is 16.5. The number of imide groups is 2. The minimum absolute atomic E-state index is 0.0133. The van der Waals surface area contributed by atoms with E-state index in [4.69, 9.17) is 10.5 Å². The molecule has 320 valence electrons. The number of amides is 5. The van der Waals surface area contributed by atoms with Crippen LogP contribution >= 0.6 is 0 Å². The monoisotopic (exact) mass is 838 g/mol. The van der Waals surface area contributed by atoms with E-state index in [2.05, 4.69) is 36.0 Å². The van der Waals surface area contributed by atoms with Crippen LogP contribution in [0.1, 0.15) is 90.1 Å². The Hall–Kier alpha value is -6.47. The van der Waals surface area contributed by atoms with Gasteiger partial charge < -0.3 is 20.3 Å². The predicted octanol–water partition coefficient (Wildman–Crippen LogP) is 4.03. The molecule has 2 N–H and O–H groups in total. The molecular formula is C46H50N10O6. The number of likely N-dealkylation sites (tertiary alicyclic amines) is 1. The van der Waals surface area contributed by atoms with Crippen molar-refractivity contribution in [2.45, 2.75) is 71.6 Å². The van der Waals surface area contributed by atoms with E-state index in [1.54, 1.807) is 48.7 Å². The van der Waals surface area contributed by atoms with E-state index in [0.717, 1.165) is 75.1 Å². The molecule has 0 spiro atoms. The first-order chi connectivity index (χ1) is 29.7. The molecule has 4 aromatic rings. The van der Waals surface area contributed by atoms with Crippen LogP contribution in [0.4, 0.5) is 11.5 Å². The molecule has 16 heteroatoms. The molecule has 6 heterocycles. The number of anilines is 2. The number of nitrogens with zero attached hydrogens (tertiary/aromatic N) is 9. The van der Waals surface area contributed by atoms with Crippen LogP contribution in [0.5, 0.6) is 5.75 Å². The number of ether oxygens (including phenoxy) is 1. The Morgan fingerprint density at radius 2 is 1.56 bits per heavy atom. The number of nitriles is 1. The van der Waals surface area contributed by atoms with Crippen molar-refractivity contribution in [1.29, 1.82) is 5.26 Å². The second-order valence-corrected chi connectivity index (χ2v) is 18.4. The smallest absolute Gasteiger partial charge is 0.269 e. The molecule has 1 saturated carbocycles. The van der Waals surface area contributed by atoms with Crippen molar-refractivity contribution in [3.8, 4) is 11.8 Å². The molecular weight excluding hydrogens is 789 g/mol. The Morgan fingerprint density at radius 3 is 2.24 bits per heavy atom. The van der Waals surface area contributed by atoms with Gasteiger partial charge in [-0.15, -0.1) is 10.2 Å². The number of benzene rings is 2. The Bertz CT molecular complexity index is 2520. The van der Waals surface area contributed by atoms with Gasteiger partial charge in [-0.1, -0.05) is 27.7 Å². The van der Waals surface area contributed by atoms with Gasteiger partial charge in [0.15, 0.2) is 11.5 Å². The van der Waals surface area contributed by atoms with E-state index >= 15 is 0 Å². The largest absolute Gasteiger partial charge is 0.488 e. The molecule has 5 amide bonds. The van der Waals surface area contributed by atoms with E-state index < -0.39 is 52.6 Å². The fourth-order valence-electron chi connectivity index (χ4n) is 11.1. The molecule has 4 fully saturated rings. The number of fused-ring (bicyclic) bond motifs is 2. The van der Waals surface area contributed by atoms with Gasteiger partial charge in [-0.05, 0) is 79.8 Å². The number of piperidine rings is 2. The molecule has 1 atom stereocenters. The summed E-state index contributed by atoms with van der Waals surface area (Å²) in [6.45, 7) is 13.8. The lowest BCUT2D eigenvalue weighted by atomic mass is 9.48. The standard InChI is InChI=1S/C46H50N10O6/c1-45(2)43(46(3,4)44(45)62-35-12-7-28(25-47)38-31(35)6-5-17-49-38)56-37(57)14-11-34(42(56)61)55-40(59)30-9-8-29(24-32(30)41(55)60)53-22-20-52(21-23-53)26-27-15-18-54(19-16-27)36-13-10-33(39(48)58)50-51-36/h5-10,12-13,17,24,27,34,43-44H,11,14-16,18-23,26H2,1-4H3,(H2,48,58). The number of rotatable bonds is 9. The van der Waals surface area contributed by atoms with E-state index in [0.29, 0.717) is 28.1 Å². The highest BCUT2D eigenvalue weighted by Crippen LogP contribution is 2.59. The van der Waals surface area contributed by atoms with Gasteiger partial charge in [0.2, 0.25) is 5.91 Å². The number of pyridine rings is 1. The molecule has 4 aliphatic heterocycles. The van der Waals surface area contributed by atoms with Crippen molar-refractivity contribution in [2.24, 2.45) is 22.5 Å². The molecule has 0 radical (unpaired) electrons. The molecule has 16 nitrogen and oxygen atoms in total. The number of piperazine rings is 1. The molecule has 1 aliphatic carbocycles. The number of hydrogen-bond acceptors (Lipinski definition) is 13. The summed E-state index contributed by atoms with van der Waals surface area (Å²) in [5.41, 5.74) is 6.38. The Kier molecular flexibility index (Phi) is 10.2. The fourth-order valence-corrected chi connectivity index (χ4v) is 11.1. The SMILES string of the molecule is CC1(C)C(Oc2ccc(C#N)c3ncccc23)C(C)(C)C1N1C(=O)CCC(N2C(=O)c3ccc(N4CCN(CC5CCN(c6ccc(C(N)=O)nn6)CC5)CC4)cc3C2=O)C1=O. The summed E-state index contributed by atoms with van der Waals surface area (Å²) in [5, 5.41) is 18.5. The third-order valence-corrected chi connectivity index (χ3v) is 13.8. The molecule has 3 saturated heterocycles. The van der Waals surface area contributed by atoms with Gasteiger partial charge in [-0.25, -0.2) is 0 Å². The maximum absolute atomic E-state index is 14.5. The van der Waals surface area contributed by atoms with Gasteiger partial charge in [-0.2, -0.15) is 5.26 Å². The molecule has 9 rings (SSSR count). The van der Waals surface area contributed by atoms with Crippen LogP contribution in [-0.2, 0) is 9.59 Å². The molecule has 2 aromatic heterocycles. The van der Waals surface area contributed by atoms with Crippen LogP contribution in [0.2, 0.25) is 0 Å². The number of nitrogens with two attached hydrogens (primary N) is 1. The minimum atomic E-state index is -1.12. The zero-order valence-electron chi connectivity index (χ0n) is 35.4. The maximum atomic E-state index is 14.5. The zero-order valence-corrected chi connectivity index (χ0v) is 35.4. The maximum Gasteiger partial charge on any atom is 0.269 e. The lowest BCUT2D eigenvalue weighted by Crippen LogP contribution is -2.77. The van der Waals surface area contributed by atoms with Crippen LogP contribution in [-0.4, -0.2) is 123 Å². The van der Waals surface area contributed by atoms with Crippen molar-refractivity contribution in [3.05, 3.63) is 83.2 Å². The van der Waals surface area contributed by atoms with E-state index in [-0.39, 0.29) is 35.6 Å². The normalized spacial score (nSPS) is 24.0. The van der Waals surface area contributed by atoms with Crippen molar-refractivity contribution < 1.29 is 28.7 Å². The zero-order chi connectivity index (χ0) is 43.7. The molecule has 2 aromatic carbocycles. The highest BCUT2D eigenvalue weighted by Gasteiger charge is 2.68. The number of carbonyl (C=O) groups excluding carboxylic acids is 5. The first-order valence-electron chi connectivity index (χ1n) is 21.4. The number of carbonyl (C=O) groups is 5. The summed E-state index contributed by atoms with van der Waals surface area (Å²) < 4.78 is 6.68. The summed E-state index contributed by atoms with van der Waals surface area (Å²) in [4.78, 5) is 81.4. The van der Waals surface area contributed by atoms with Crippen molar-refractivity contribution in [2.75, 3.05) is 55.6 Å². The predicted molar refractivity (Wildman–Crippen MR) is 228 cm³/mol. The summed E-state index contributed by atoms with van der Waals surface area (Å²) in [6, 6.07) is 16.3. The van der Waals surface area contributed by atoms with Crippen LogP contribution in [0.3, 0.4) is 0 Å². The van der Waals surface area contributed by atoms with Gasteiger partial charge in [0.1, 0.15) is 24.0 Å². The van der Waals surface area contributed by atoms with Gasteiger partial charge in [0.25, 0.3) is 23.6 Å². The average Bonchev–Trinajstić information content (AvgIpc) is 3.52. The lowest BCUT2D eigenvalue weighted by molar-refractivity contribution is -0.215. The van der Waals surface area contributed by atoms with Gasteiger partial charge in [0.05, 0.1) is 28.2 Å². The Morgan fingerprint density at radius 1 is 0.839 bits per heavy atom. The number of primary amides is 1. The Balaban J connectivity index is 0.834. The summed E-state index contributed by atoms with van der Waals surface area (Å²) in [6.07, 6.45) is 3.30. The van der Waals surface area contributed by atoms with Gasteiger partial charge in [-0.3, -0.25) is 43.7 Å². The van der Waals surface area contributed by atoms with Crippen LogP contribution in [0, 0.1) is 28.1 Å². The Labute approximate surface area is 359 Å². The molecule has 0 bridgehead atoms. The summed E-state index contributed by atoms with van der Waals surface area (Å²) in [5.74, 6) is -0.684. The van der Waals surface area contributed by atoms with Crippen LogP contribution in [0.25, 0.3) is 10.9 Å². The first kappa shape index (κ1) is 40.9. The average molecular weight is 839 g/mol. The molecule has 62 heavy (non-hydrogen) atoms. The third-order valence-electron chi connectivity index (χ3n) is 13.8. The topological polar surface area (TPSA) is 199 Å². The fraction of sp³-hybridized carbons (Fsp3) is 0.457. The van der Waals surface area contributed by atoms with Crippen molar-refractivity contribution >= 4 is 51.9 Å². The van der Waals surface area contributed by atoms with E-state index in [9.17, 15) is 29.2 Å². The van der Waals surface area contributed by atoms with E-state index in [1.165, 1.54) is 4.90 Å². The summed E-state index contributed by atoms with van der Waals surface area (Å²) in [7, 11) is 0. The second kappa shape index (κ2) is 15.5. The lowest BCUT2D eigenvalue weighted by Gasteiger charge is -2.66. The van der Waals surface area contributed by atoms with E-state index in [1.807, 2.05) is 39.8 Å². The molecule has 5 aliphatic rings. The van der Waals surface area contributed by atoms with Gasteiger partial charge in [0, 0.05) is 80.3 Å². The summed E-state index contributed by atoms with van der Waals surface area (Å²) >= 11 is 0. The van der Waals surface area contributed by atoms with Crippen LogP contribution in [0.15, 0.2) is 60.8 Å². The first-order valence-corrected chi connectivity index (χ1v) is 21.4. The third kappa shape index (κ3) is 6.79. The quantitative estimate of drug-likeness (QED) is 0.237. The van der Waals surface area contributed by atoms with Crippen LogP contribution < -0.4 is 20.3 Å². The van der Waals surface area contributed by atoms with Gasteiger partial charge >= 0.3 is 0 Å². The number of aromatic nitrogens is 3. The minimum Gasteiger partial charge on any atom is -0.488 e. The molecule has 1 unspecified atom stereocenters.